The number of nitrogens with zero attached hydrogens (tertiary/aromatic N) is 2. The Kier molecular flexibility index (Phi) is 12.5. The Balaban J connectivity index is 1.34. The number of β-lactam (4-membered cyclic amide) rings is 1. The molecule has 13 nitrogen and oxygen atoms in total. The van der Waals surface area contributed by atoms with E-state index < -0.39 is 52.7 Å². The fourth-order valence-corrected chi connectivity index (χ4v) is 8.99. The first-order chi connectivity index (χ1) is 27.0. The third-order valence-corrected chi connectivity index (χ3v) is 11.3. The number of rotatable bonds is 10. The third kappa shape index (κ3) is 9.89. The van der Waals surface area contributed by atoms with Gasteiger partial charge >= 0.3 is 18.0 Å². The van der Waals surface area contributed by atoms with Crippen LogP contribution in [0.25, 0.3) is 0 Å². The molecule has 57 heavy (non-hydrogen) atoms. The number of carbonyl (C=O) groups excluding carboxylic acids is 6. The van der Waals surface area contributed by atoms with Gasteiger partial charge in [-0.05, 0) is 89.0 Å². The molecule has 4 heterocycles. The topological polar surface area (TPSA) is 161 Å². The highest BCUT2D eigenvalue weighted by molar-refractivity contribution is 8.00. The number of hydrogen-bond acceptors (Lipinski definition) is 10. The first-order valence-electron chi connectivity index (χ1n) is 19.5. The molecule has 6 rings (SSSR count). The Morgan fingerprint density at radius 2 is 1.46 bits per heavy atom. The van der Waals surface area contributed by atoms with Crippen LogP contribution in [0.3, 0.4) is 0 Å². The molecule has 2 atom stereocenters. The predicted molar refractivity (Wildman–Crippen MR) is 213 cm³/mol. The number of ether oxygens (including phenoxy) is 3. The molecule has 2 N–H and O–H groups in total. The van der Waals surface area contributed by atoms with Gasteiger partial charge in [-0.1, -0.05) is 60.7 Å². The Morgan fingerprint density at radius 3 is 2.00 bits per heavy atom. The Hall–Kier alpha value is -5.11. The molecular weight excluding hydrogens is 749 g/mol. The molecule has 3 fully saturated rings. The number of benzene rings is 2. The van der Waals surface area contributed by atoms with Gasteiger partial charge in [0, 0.05) is 37.4 Å². The monoisotopic (exact) mass is 800 g/mol. The second kappa shape index (κ2) is 17.2. The predicted octanol–water partition coefficient (Wildman–Crippen LogP) is 5.56. The molecule has 14 heteroatoms. The second-order valence-electron chi connectivity index (χ2n) is 16.6. The van der Waals surface area contributed by atoms with Gasteiger partial charge in [-0.15, -0.1) is 11.8 Å². The number of fused-ring (bicyclic) bond motifs is 1. The first kappa shape index (κ1) is 41.5. The molecule has 0 aromatic heterocycles. The molecule has 4 aliphatic heterocycles. The van der Waals surface area contributed by atoms with Crippen LogP contribution in [-0.4, -0.2) is 93.6 Å². The molecule has 0 radical (unpaired) electrons. The van der Waals surface area contributed by atoms with Crippen LogP contribution in [0.2, 0.25) is 0 Å². The molecule has 0 aliphatic carbocycles. The van der Waals surface area contributed by atoms with E-state index in [1.165, 1.54) is 16.7 Å². The lowest BCUT2D eigenvalue weighted by Crippen LogP contribution is -2.71. The summed E-state index contributed by atoms with van der Waals surface area (Å²) in [4.78, 5) is 83.9. The van der Waals surface area contributed by atoms with E-state index >= 15 is 0 Å². The van der Waals surface area contributed by atoms with E-state index in [4.69, 9.17) is 14.2 Å². The molecule has 4 aliphatic rings. The van der Waals surface area contributed by atoms with E-state index in [1.807, 2.05) is 60.7 Å². The highest BCUT2D eigenvalue weighted by Crippen LogP contribution is 2.47. The second-order valence-corrected chi connectivity index (χ2v) is 17.7. The van der Waals surface area contributed by atoms with Crippen LogP contribution < -0.4 is 10.6 Å². The van der Waals surface area contributed by atoms with Gasteiger partial charge in [0.2, 0.25) is 11.8 Å². The molecule has 4 amide bonds. The van der Waals surface area contributed by atoms with Gasteiger partial charge in [0.25, 0.3) is 5.91 Å². The molecular formula is C43H52N4O9S. The zero-order chi connectivity index (χ0) is 41.1. The van der Waals surface area contributed by atoms with E-state index in [1.54, 1.807) is 46.4 Å². The number of esters is 2. The number of hydrogen-bond donors (Lipinski definition) is 2. The van der Waals surface area contributed by atoms with Crippen LogP contribution in [-0.2, 0) is 38.2 Å². The summed E-state index contributed by atoms with van der Waals surface area (Å²) in [6.45, 7) is 11.7. The van der Waals surface area contributed by atoms with Gasteiger partial charge < -0.3 is 29.7 Å². The van der Waals surface area contributed by atoms with E-state index in [0.717, 1.165) is 11.1 Å². The van der Waals surface area contributed by atoms with Crippen LogP contribution in [0.15, 0.2) is 83.1 Å². The van der Waals surface area contributed by atoms with Gasteiger partial charge in [-0.25, -0.2) is 9.59 Å². The maximum atomic E-state index is 14.8. The van der Waals surface area contributed by atoms with Crippen molar-refractivity contribution in [3.8, 4) is 0 Å². The average molecular weight is 801 g/mol. The minimum absolute atomic E-state index is 0.0225. The summed E-state index contributed by atoms with van der Waals surface area (Å²) in [5.74, 6) is -2.02. The van der Waals surface area contributed by atoms with Crippen molar-refractivity contribution in [2.75, 3.05) is 25.4 Å². The average Bonchev–Trinajstić information content (AvgIpc) is 3.59. The SMILES string of the molecule is CC(C)(C)OC(=O)CCC(=O)N1CCC(C(=C2CCNC2=O)C2=C(C(=O)OC(c3ccccc3)c3ccccc3)N3C(=O)[C@@H](NC(=O)OC(C)(C)C)[C@H]3SC2)CC1. The Labute approximate surface area is 337 Å². The zero-order valence-corrected chi connectivity index (χ0v) is 34.2. The molecule has 304 valence electrons. The zero-order valence-electron chi connectivity index (χ0n) is 33.4. The van der Waals surface area contributed by atoms with Crippen LogP contribution in [0.5, 0.6) is 0 Å². The summed E-state index contributed by atoms with van der Waals surface area (Å²) >= 11 is 1.39. The van der Waals surface area contributed by atoms with Crippen molar-refractivity contribution < 1.29 is 43.0 Å². The number of amides is 4. The summed E-state index contributed by atoms with van der Waals surface area (Å²) in [6, 6.07) is 17.7. The summed E-state index contributed by atoms with van der Waals surface area (Å²) in [6.07, 6.45) is -0.135. The maximum Gasteiger partial charge on any atom is 0.408 e. The van der Waals surface area contributed by atoms with Gasteiger partial charge in [0.15, 0.2) is 6.10 Å². The number of likely N-dealkylation sites (tertiary alicyclic amines) is 1. The maximum absolute atomic E-state index is 14.8. The minimum Gasteiger partial charge on any atom is -0.460 e. The highest BCUT2D eigenvalue weighted by Gasteiger charge is 2.56. The number of nitrogens with one attached hydrogen (secondary N) is 2. The Bertz CT molecular complexity index is 1900. The first-order valence-corrected chi connectivity index (χ1v) is 20.5. The van der Waals surface area contributed by atoms with Crippen LogP contribution >= 0.6 is 11.8 Å². The van der Waals surface area contributed by atoms with E-state index in [9.17, 15) is 28.8 Å². The molecule has 0 spiro atoms. The quantitative estimate of drug-likeness (QED) is 0.135. The van der Waals surface area contributed by atoms with E-state index in [2.05, 4.69) is 10.6 Å². The lowest BCUT2D eigenvalue weighted by Gasteiger charge is -2.50. The number of allylic oxidation sites excluding steroid dienone is 1. The summed E-state index contributed by atoms with van der Waals surface area (Å²) in [7, 11) is 0. The smallest absolute Gasteiger partial charge is 0.408 e. The van der Waals surface area contributed by atoms with Crippen LogP contribution in [0, 0.1) is 5.92 Å². The number of alkyl carbamates (subject to hydrolysis) is 1. The Morgan fingerprint density at radius 1 is 0.860 bits per heavy atom. The number of piperidine rings is 1. The summed E-state index contributed by atoms with van der Waals surface area (Å²) < 4.78 is 17.2. The van der Waals surface area contributed by atoms with E-state index in [-0.39, 0.29) is 42.0 Å². The summed E-state index contributed by atoms with van der Waals surface area (Å²) in [5.41, 5.74) is 1.85. The molecule has 2 aromatic rings. The normalized spacial score (nSPS) is 21.0. The van der Waals surface area contributed by atoms with Crippen molar-refractivity contribution in [1.82, 2.24) is 20.4 Å². The number of thioether (sulfide) groups is 1. The van der Waals surface area contributed by atoms with E-state index in [0.29, 0.717) is 55.6 Å². The third-order valence-electron chi connectivity index (χ3n) is 10.1. The lowest BCUT2D eigenvalue weighted by molar-refractivity contribution is -0.156. The summed E-state index contributed by atoms with van der Waals surface area (Å²) in [5, 5.41) is 4.98. The van der Waals surface area contributed by atoms with Crippen LogP contribution in [0.1, 0.15) is 90.9 Å². The highest BCUT2D eigenvalue weighted by atomic mass is 32.2. The minimum atomic E-state index is -0.950. The van der Waals surface area contributed by atoms with Crippen molar-refractivity contribution in [1.29, 1.82) is 0 Å². The molecule has 0 unspecified atom stereocenters. The molecule has 3 saturated heterocycles. The van der Waals surface area contributed by atoms with Crippen molar-refractivity contribution in [2.45, 2.75) is 102 Å². The van der Waals surface area contributed by atoms with Crippen molar-refractivity contribution in [3.05, 3.63) is 94.2 Å². The van der Waals surface area contributed by atoms with Crippen LogP contribution in [0.4, 0.5) is 4.79 Å². The largest absolute Gasteiger partial charge is 0.460 e. The van der Waals surface area contributed by atoms with Crippen molar-refractivity contribution in [3.63, 3.8) is 0 Å². The molecule has 0 saturated carbocycles. The number of carbonyl (C=O) groups is 6. The van der Waals surface area contributed by atoms with Gasteiger partial charge in [-0.2, -0.15) is 0 Å². The van der Waals surface area contributed by atoms with Crippen molar-refractivity contribution >= 4 is 47.5 Å². The fourth-order valence-electron chi connectivity index (χ4n) is 7.63. The standard InChI is InChI=1S/C43H52N4O9S/c1-42(2,3)55-32(49)18-17-31(48)46-23-20-26(21-24-46)33(29-19-22-44-37(29)50)30-25-57-39-34(45-41(53)56-43(4,5)6)38(51)47(39)35(30)40(52)54-36(27-13-9-7-10-14-27)28-15-11-8-12-16-28/h7-16,26,34,36,39H,17-25H2,1-6H3,(H,44,50)(H,45,53)/t34-,39-/m1/s1. The van der Waals surface area contributed by atoms with Crippen molar-refractivity contribution in [2.24, 2.45) is 5.92 Å². The van der Waals surface area contributed by atoms with Gasteiger partial charge in [0.1, 0.15) is 28.3 Å². The van der Waals surface area contributed by atoms with Gasteiger partial charge in [0.05, 0.1) is 6.42 Å². The molecule has 2 aromatic carbocycles. The fraction of sp³-hybridized carbons (Fsp3) is 0.488. The molecule has 0 bridgehead atoms. The van der Waals surface area contributed by atoms with Gasteiger partial charge in [-0.3, -0.25) is 24.1 Å². The lowest BCUT2D eigenvalue weighted by atomic mass is 9.80.